The second-order valence-electron chi connectivity index (χ2n) is 7.75. The monoisotopic (exact) mass is 422 g/mol. The number of carbonyl (C=O) groups is 1. The Bertz CT molecular complexity index is 1030. The molecule has 2 aromatic carbocycles. The molecule has 1 aromatic heterocycles. The van der Waals surface area contributed by atoms with Crippen molar-refractivity contribution in [1.82, 2.24) is 20.1 Å². The molecule has 0 saturated heterocycles. The van der Waals surface area contributed by atoms with Crippen LogP contribution in [0.1, 0.15) is 48.6 Å². The number of aromatic nitrogens is 3. The Hall–Kier alpha value is -2.60. The Labute approximate surface area is 183 Å². The van der Waals surface area contributed by atoms with Crippen LogP contribution in [0.2, 0.25) is 0 Å². The molecule has 0 fully saturated rings. The number of hydrogen-bond acceptors (Lipinski definition) is 4. The zero-order chi connectivity index (χ0) is 21.7. The van der Waals surface area contributed by atoms with E-state index in [0.717, 1.165) is 35.1 Å². The van der Waals surface area contributed by atoms with Gasteiger partial charge in [-0.15, -0.1) is 10.2 Å². The molecule has 0 aliphatic heterocycles. The van der Waals surface area contributed by atoms with Crippen LogP contribution in [0.4, 0.5) is 0 Å². The van der Waals surface area contributed by atoms with Crippen molar-refractivity contribution in [2.45, 2.75) is 58.8 Å². The molecule has 1 heterocycles. The van der Waals surface area contributed by atoms with Crippen LogP contribution in [0.3, 0.4) is 0 Å². The molecule has 6 heteroatoms. The van der Waals surface area contributed by atoms with E-state index in [4.69, 9.17) is 0 Å². The fourth-order valence-electron chi connectivity index (χ4n) is 3.35. The van der Waals surface area contributed by atoms with Gasteiger partial charge in [0.05, 0.1) is 11.8 Å². The molecular formula is C24H30N4OS. The van der Waals surface area contributed by atoms with Crippen molar-refractivity contribution >= 4 is 17.7 Å². The molecule has 0 spiro atoms. The molecule has 0 radical (unpaired) electrons. The maximum atomic E-state index is 12.6. The highest BCUT2D eigenvalue weighted by molar-refractivity contribution is 7.99. The first-order chi connectivity index (χ1) is 14.4. The lowest BCUT2D eigenvalue weighted by atomic mass is 10.0. The smallest absolute Gasteiger partial charge is 0.230 e. The largest absolute Gasteiger partial charge is 0.349 e. The first-order valence-corrected chi connectivity index (χ1v) is 11.4. The van der Waals surface area contributed by atoms with Crippen molar-refractivity contribution in [2.24, 2.45) is 0 Å². The molecule has 0 bridgehead atoms. The highest BCUT2D eigenvalue weighted by Crippen LogP contribution is 2.25. The average molecular weight is 423 g/mol. The van der Waals surface area contributed by atoms with Crippen molar-refractivity contribution in [3.8, 4) is 11.4 Å². The second kappa shape index (κ2) is 9.94. The van der Waals surface area contributed by atoms with Gasteiger partial charge in [-0.05, 0) is 56.9 Å². The quantitative estimate of drug-likeness (QED) is 0.504. The van der Waals surface area contributed by atoms with Gasteiger partial charge in [-0.3, -0.25) is 4.79 Å². The predicted octanol–water partition coefficient (Wildman–Crippen LogP) is 5.25. The number of hydrogen-bond donors (Lipinski definition) is 1. The Morgan fingerprint density at radius 2 is 1.90 bits per heavy atom. The third-order valence-electron chi connectivity index (χ3n) is 5.18. The summed E-state index contributed by atoms with van der Waals surface area (Å²) in [6.45, 7) is 11.2. The molecule has 0 aliphatic rings. The highest BCUT2D eigenvalue weighted by Gasteiger charge is 2.16. The van der Waals surface area contributed by atoms with Gasteiger partial charge < -0.3 is 9.88 Å². The van der Waals surface area contributed by atoms with E-state index in [0.29, 0.717) is 5.75 Å². The number of benzene rings is 2. The zero-order valence-corrected chi connectivity index (χ0v) is 19.2. The molecule has 1 amide bonds. The van der Waals surface area contributed by atoms with E-state index in [9.17, 15) is 4.79 Å². The number of nitrogens with one attached hydrogen (secondary N) is 1. The van der Waals surface area contributed by atoms with E-state index in [2.05, 4.69) is 84.2 Å². The first-order valence-electron chi connectivity index (χ1n) is 10.4. The Morgan fingerprint density at radius 3 is 2.60 bits per heavy atom. The fourth-order valence-corrected chi connectivity index (χ4v) is 4.12. The van der Waals surface area contributed by atoms with Crippen LogP contribution in [0, 0.1) is 20.8 Å². The second-order valence-corrected chi connectivity index (χ2v) is 8.69. The minimum Gasteiger partial charge on any atom is -0.349 e. The van der Waals surface area contributed by atoms with E-state index < -0.39 is 0 Å². The van der Waals surface area contributed by atoms with Crippen LogP contribution in [0.5, 0.6) is 0 Å². The van der Waals surface area contributed by atoms with Crippen molar-refractivity contribution in [3.63, 3.8) is 0 Å². The summed E-state index contributed by atoms with van der Waals surface area (Å²) in [6.07, 6.45) is 0.973. The first kappa shape index (κ1) is 22.1. The molecule has 30 heavy (non-hydrogen) atoms. The summed E-state index contributed by atoms with van der Waals surface area (Å²) in [5, 5.41) is 12.7. The van der Waals surface area contributed by atoms with E-state index in [1.807, 2.05) is 13.0 Å². The zero-order valence-electron chi connectivity index (χ0n) is 18.4. The SMILES string of the molecule is CCCn1c(SCC(=O)NC(C)c2ccc(C)c(C)c2)nnc1-c1cccc(C)c1. The van der Waals surface area contributed by atoms with Gasteiger partial charge in [-0.1, -0.05) is 60.6 Å². The van der Waals surface area contributed by atoms with Crippen molar-refractivity contribution in [1.29, 1.82) is 0 Å². The van der Waals surface area contributed by atoms with Crippen molar-refractivity contribution in [3.05, 3.63) is 64.7 Å². The van der Waals surface area contributed by atoms with Crippen LogP contribution in [-0.2, 0) is 11.3 Å². The van der Waals surface area contributed by atoms with Gasteiger partial charge in [0.25, 0.3) is 0 Å². The number of aryl methyl sites for hydroxylation is 3. The molecule has 1 N–H and O–H groups in total. The maximum Gasteiger partial charge on any atom is 0.230 e. The topological polar surface area (TPSA) is 59.8 Å². The number of amides is 1. The number of carbonyl (C=O) groups excluding carboxylic acids is 1. The van der Waals surface area contributed by atoms with Gasteiger partial charge in [0.15, 0.2) is 11.0 Å². The number of nitrogens with zero attached hydrogens (tertiary/aromatic N) is 3. The summed E-state index contributed by atoms with van der Waals surface area (Å²) in [5.41, 5.74) is 5.85. The third kappa shape index (κ3) is 5.30. The van der Waals surface area contributed by atoms with Crippen LogP contribution in [0.25, 0.3) is 11.4 Å². The van der Waals surface area contributed by atoms with Gasteiger partial charge in [0.1, 0.15) is 0 Å². The van der Waals surface area contributed by atoms with Crippen LogP contribution in [-0.4, -0.2) is 26.4 Å². The molecule has 5 nitrogen and oxygen atoms in total. The fraction of sp³-hybridized carbons (Fsp3) is 0.375. The lowest BCUT2D eigenvalue weighted by Gasteiger charge is -2.16. The molecule has 0 aliphatic carbocycles. The van der Waals surface area contributed by atoms with Gasteiger partial charge in [0.2, 0.25) is 5.91 Å². The normalized spacial score (nSPS) is 12.0. The van der Waals surface area contributed by atoms with Crippen molar-refractivity contribution < 1.29 is 4.79 Å². The Balaban J connectivity index is 1.67. The predicted molar refractivity (Wildman–Crippen MR) is 124 cm³/mol. The van der Waals surface area contributed by atoms with Gasteiger partial charge in [-0.25, -0.2) is 0 Å². The summed E-state index contributed by atoms with van der Waals surface area (Å²) in [7, 11) is 0. The van der Waals surface area contributed by atoms with Crippen LogP contribution >= 0.6 is 11.8 Å². The molecule has 3 rings (SSSR count). The molecule has 1 unspecified atom stereocenters. The number of rotatable bonds is 8. The van der Waals surface area contributed by atoms with Crippen LogP contribution < -0.4 is 5.32 Å². The van der Waals surface area contributed by atoms with Gasteiger partial charge in [0, 0.05) is 12.1 Å². The Morgan fingerprint density at radius 1 is 1.10 bits per heavy atom. The molecule has 1 atom stereocenters. The van der Waals surface area contributed by atoms with Gasteiger partial charge in [-0.2, -0.15) is 0 Å². The third-order valence-corrected chi connectivity index (χ3v) is 6.15. The van der Waals surface area contributed by atoms with E-state index in [-0.39, 0.29) is 11.9 Å². The minimum absolute atomic E-state index is 0.00566. The summed E-state index contributed by atoms with van der Waals surface area (Å²) in [4.78, 5) is 12.6. The van der Waals surface area contributed by atoms with E-state index in [1.165, 1.54) is 28.5 Å². The summed E-state index contributed by atoms with van der Waals surface area (Å²) < 4.78 is 2.11. The molecule has 0 saturated carbocycles. The Kier molecular flexibility index (Phi) is 7.32. The summed E-state index contributed by atoms with van der Waals surface area (Å²) in [6, 6.07) is 14.5. The van der Waals surface area contributed by atoms with E-state index >= 15 is 0 Å². The average Bonchev–Trinajstić information content (AvgIpc) is 3.11. The molecular weight excluding hydrogens is 392 g/mol. The summed E-state index contributed by atoms with van der Waals surface area (Å²) in [5.74, 6) is 1.16. The highest BCUT2D eigenvalue weighted by atomic mass is 32.2. The lowest BCUT2D eigenvalue weighted by Crippen LogP contribution is -2.28. The molecule has 3 aromatic rings. The summed E-state index contributed by atoms with van der Waals surface area (Å²) >= 11 is 1.43. The standard InChI is InChI=1S/C24H30N4OS/c1-6-12-28-23(21-9-7-8-16(2)13-21)26-27-24(28)30-15-22(29)25-19(5)20-11-10-17(3)18(4)14-20/h7-11,13-14,19H,6,12,15H2,1-5H3,(H,25,29). The van der Waals surface area contributed by atoms with Crippen molar-refractivity contribution in [2.75, 3.05) is 5.75 Å². The minimum atomic E-state index is -0.0335. The molecule has 158 valence electrons. The lowest BCUT2D eigenvalue weighted by molar-refractivity contribution is -0.119. The maximum absolute atomic E-state index is 12.6. The van der Waals surface area contributed by atoms with Crippen LogP contribution in [0.15, 0.2) is 47.6 Å². The number of thioether (sulfide) groups is 1. The van der Waals surface area contributed by atoms with Gasteiger partial charge >= 0.3 is 0 Å². The van der Waals surface area contributed by atoms with E-state index in [1.54, 1.807) is 0 Å².